The lowest BCUT2D eigenvalue weighted by Gasteiger charge is -2.05. The number of para-hydroxylation sites is 1. The van der Waals surface area contributed by atoms with Gasteiger partial charge < -0.3 is 4.74 Å². The first-order chi connectivity index (χ1) is 8.63. The van der Waals surface area contributed by atoms with Gasteiger partial charge >= 0.3 is 6.09 Å². The number of carbonyl (C=O) groups is 1. The molecule has 5 nitrogen and oxygen atoms in total. The van der Waals surface area contributed by atoms with Gasteiger partial charge in [0.1, 0.15) is 16.7 Å². The first kappa shape index (κ1) is 12.6. The molecule has 0 aliphatic carbocycles. The summed E-state index contributed by atoms with van der Waals surface area (Å²) in [6.45, 7) is 0. The van der Waals surface area contributed by atoms with Crippen LogP contribution in [-0.2, 0) is 0 Å². The topological polar surface area (TPSA) is 64.1 Å². The summed E-state index contributed by atoms with van der Waals surface area (Å²) in [4.78, 5) is 19.0. The Morgan fingerprint density at radius 1 is 1.17 bits per heavy atom. The number of benzene rings is 1. The van der Waals surface area contributed by atoms with Gasteiger partial charge in [-0.3, -0.25) is 5.32 Å². The number of carbonyl (C=O) groups excluding carboxylic acids is 1. The van der Waals surface area contributed by atoms with E-state index in [4.69, 9.17) is 27.9 Å². The van der Waals surface area contributed by atoms with E-state index >= 15 is 0 Å². The lowest BCUT2D eigenvalue weighted by molar-refractivity contribution is 0.215. The van der Waals surface area contributed by atoms with E-state index in [0.29, 0.717) is 5.75 Å². The molecular weight excluding hydrogens is 277 g/mol. The largest absolute Gasteiger partial charge is 0.418 e. The predicted molar refractivity (Wildman–Crippen MR) is 68.1 cm³/mol. The Labute approximate surface area is 113 Å². The van der Waals surface area contributed by atoms with Crippen LogP contribution >= 0.6 is 23.2 Å². The molecule has 1 aromatic heterocycles. The van der Waals surface area contributed by atoms with Crippen molar-refractivity contribution in [1.82, 2.24) is 9.97 Å². The lowest BCUT2D eigenvalue weighted by atomic mass is 10.3. The fourth-order valence-corrected chi connectivity index (χ4v) is 1.59. The van der Waals surface area contributed by atoms with Crippen LogP contribution in [0.15, 0.2) is 36.4 Å². The van der Waals surface area contributed by atoms with Crippen LogP contribution in [-0.4, -0.2) is 16.1 Å². The molecule has 92 valence electrons. The van der Waals surface area contributed by atoms with Gasteiger partial charge in [0.05, 0.1) is 0 Å². The van der Waals surface area contributed by atoms with Crippen molar-refractivity contribution >= 4 is 35.1 Å². The highest BCUT2D eigenvalue weighted by Gasteiger charge is 2.07. The Morgan fingerprint density at radius 3 is 2.56 bits per heavy atom. The van der Waals surface area contributed by atoms with Crippen molar-refractivity contribution in [2.75, 3.05) is 5.32 Å². The molecule has 0 fully saturated rings. The quantitative estimate of drug-likeness (QED) is 0.678. The van der Waals surface area contributed by atoms with Crippen LogP contribution in [0.1, 0.15) is 0 Å². The zero-order valence-corrected chi connectivity index (χ0v) is 10.4. The number of amides is 1. The first-order valence-corrected chi connectivity index (χ1v) is 5.63. The van der Waals surface area contributed by atoms with Crippen molar-refractivity contribution in [1.29, 1.82) is 0 Å². The number of hydrogen-bond acceptors (Lipinski definition) is 4. The van der Waals surface area contributed by atoms with Crippen molar-refractivity contribution < 1.29 is 9.53 Å². The van der Waals surface area contributed by atoms with Gasteiger partial charge in [-0.2, -0.15) is 0 Å². The summed E-state index contributed by atoms with van der Waals surface area (Å²) in [5.41, 5.74) is 0. The zero-order chi connectivity index (χ0) is 13.0. The highest BCUT2D eigenvalue weighted by atomic mass is 35.5. The number of nitrogens with zero attached hydrogens (tertiary/aromatic N) is 2. The molecule has 7 heteroatoms. The highest BCUT2D eigenvalue weighted by molar-refractivity contribution is 6.32. The average Bonchev–Trinajstić information content (AvgIpc) is 2.28. The van der Waals surface area contributed by atoms with E-state index in [0.717, 1.165) is 0 Å². The van der Waals surface area contributed by atoms with Crippen molar-refractivity contribution in [2.24, 2.45) is 0 Å². The lowest BCUT2D eigenvalue weighted by Crippen LogP contribution is -2.17. The summed E-state index contributed by atoms with van der Waals surface area (Å²) >= 11 is 11.3. The molecule has 1 N–H and O–H groups in total. The third kappa shape index (κ3) is 3.58. The van der Waals surface area contributed by atoms with Gasteiger partial charge in [-0.05, 0) is 23.7 Å². The van der Waals surface area contributed by atoms with Crippen LogP contribution in [0, 0.1) is 0 Å². The minimum atomic E-state index is -0.688. The molecule has 1 amide bonds. The second kappa shape index (κ2) is 5.66. The van der Waals surface area contributed by atoms with Crippen LogP contribution in [0.25, 0.3) is 0 Å². The third-order valence-electron chi connectivity index (χ3n) is 1.85. The summed E-state index contributed by atoms with van der Waals surface area (Å²) in [5.74, 6) is 0.585. The van der Waals surface area contributed by atoms with E-state index in [9.17, 15) is 4.79 Å². The van der Waals surface area contributed by atoms with Gasteiger partial charge in [0.25, 0.3) is 0 Å². The van der Waals surface area contributed by atoms with Crippen LogP contribution < -0.4 is 10.1 Å². The highest BCUT2D eigenvalue weighted by Crippen LogP contribution is 2.15. The van der Waals surface area contributed by atoms with E-state index in [1.54, 1.807) is 24.3 Å². The molecular formula is C11H7Cl2N3O2. The average molecular weight is 284 g/mol. The molecule has 0 bridgehead atoms. The summed E-state index contributed by atoms with van der Waals surface area (Å²) in [5, 5.41) is 2.46. The summed E-state index contributed by atoms with van der Waals surface area (Å²) < 4.78 is 5.00. The molecule has 0 radical (unpaired) electrons. The second-order valence-electron chi connectivity index (χ2n) is 3.17. The van der Waals surface area contributed by atoms with Gasteiger partial charge in [-0.25, -0.2) is 14.8 Å². The number of hydrogen-bond donors (Lipinski definition) is 1. The summed E-state index contributed by atoms with van der Waals surface area (Å²) in [7, 11) is 0. The maximum atomic E-state index is 11.5. The molecule has 1 heterocycles. The Morgan fingerprint density at radius 2 is 1.89 bits per heavy atom. The minimum absolute atomic E-state index is 0.0579. The number of ether oxygens (including phenoxy) is 1. The van der Waals surface area contributed by atoms with Gasteiger partial charge in [0, 0.05) is 6.07 Å². The molecule has 18 heavy (non-hydrogen) atoms. The molecule has 0 aliphatic rings. The Kier molecular flexibility index (Phi) is 3.96. The maximum Gasteiger partial charge on any atom is 0.418 e. The second-order valence-corrected chi connectivity index (χ2v) is 3.90. The Balaban J connectivity index is 2.03. The van der Waals surface area contributed by atoms with Crippen molar-refractivity contribution in [2.45, 2.75) is 0 Å². The Hall–Kier alpha value is -1.85. The van der Waals surface area contributed by atoms with Gasteiger partial charge in [-0.1, -0.05) is 29.8 Å². The van der Waals surface area contributed by atoms with Crippen molar-refractivity contribution in [3.05, 3.63) is 46.8 Å². The fraction of sp³-hybridized carbons (Fsp3) is 0. The molecule has 1 aromatic carbocycles. The first-order valence-electron chi connectivity index (χ1n) is 4.87. The number of rotatable bonds is 2. The molecule has 0 saturated carbocycles. The maximum absolute atomic E-state index is 11.5. The standard InChI is InChI=1S/C11H7Cl2N3O2/c12-8-6-9(15-10(13)14-8)16-11(17)18-7-4-2-1-3-5-7/h1-6H,(H,14,15,16,17). The summed E-state index contributed by atoms with van der Waals surface area (Å²) in [6.07, 6.45) is -0.688. The van der Waals surface area contributed by atoms with Crippen LogP contribution in [0.2, 0.25) is 10.4 Å². The van der Waals surface area contributed by atoms with Crippen LogP contribution in [0.5, 0.6) is 5.75 Å². The van der Waals surface area contributed by atoms with E-state index < -0.39 is 6.09 Å². The third-order valence-corrected chi connectivity index (χ3v) is 2.21. The smallest absolute Gasteiger partial charge is 0.410 e. The summed E-state index contributed by atoms with van der Waals surface area (Å²) in [6, 6.07) is 9.98. The normalized spacial score (nSPS) is 9.89. The monoisotopic (exact) mass is 283 g/mol. The van der Waals surface area contributed by atoms with Gasteiger partial charge in [0.15, 0.2) is 0 Å². The molecule has 0 unspecified atom stereocenters. The Bertz CT molecular complexity index is 543. The predicted octanol–water partition coefficient (Wildman–Crippen LogP) is 3.39. The van der Waals surface area contributed by atoms with Gasteiger partial charge in [-0.15, -0.1) is 0 Å². The van der Waals surface area contributed by atoms with E-state index in [-0.39, 0.29) is 16.3 Å². The zero-order valence-electron chi connectivity index (χ0n) is 8.93. The number of aromatic nitrogens is 2. The van der Waals surface area contributed by atoms with E-state index in [1.807, 2.05) is 6.07 Å². The number of halogens is 2. The van der Waals surface area contributed by atoms with Crippen LogP contribution in [0.3, 0.4) is 0 Å². The van der Waals surface area contributed by atoms with Crippen LogP contribution in [0.4, 0.5) is 10.6 Å². The fourth-order valence-electron chi connectivity index (χ4n) is 1.18. The van der Waals surface area contributed by atoms with E-state index in [1.165, 1.54) is 6.07 Å². The number of nitrogens with one attached hydrogen (secondary N) is 1. The minimum Gasteiger partial charge on any atom is -0.410 e. The molecule has 0 spiro atoms. The van der Waals surface area contributed by atoms with Crippen molar-refractivity contribution in [3.8, 4) is 5.75 Å². The molecule has 0 aliphatic heterocycles. The van der Waals surface area contributed by atoms with Gasteiger partial charge in [0.2, 0.25) is 5.28 Å². The molecule has 2 rings (SSSR count). The van der Waals surface area contributed by atoms with E-state index in [2.05, 4.69) is 15.3 Å². The molecule has 0 atom stereocenters. The molecule has 2 aromatic rings. The SMILES string of the molecule is O=C(Nc1cc(Cl)nc(Cl)n1)Oc1ccccc1. The number of anilines is 1. The molecule has 0 saturated heterocycles. The van der Waals surface area contributed by atoms with Crippen molar-refractivity contribution in [3.63, 3.8) is 0 Å².